The van der Waals surface area contributed by atoms with E-state index in [2.05, 4.69) is 9.98 Å². The molecule has 4 rings (SSSR count). The molecule has 2 heterocycles. The third kappa shape index (κ3) is 2.35. The van der Waals surface area contributed by atoms with E-state index in [0.717, 1.165) is 10.9 Å². The van der Waals surface area contributed by atoms with E-state index >= 15 is 0 Å². The SMILES string of the molecule is CC1(C)N=C(c2ccc3ccccc3n2)c2cccc(Cl)c2C1(F)F. The van der Waals surface area contributed by atoms with Gasteiger partial charge in [0.15, 0.2) is 0 Å². The van der Waals surface area contributed by atoms with Gasteiger partial charge >= 0.3 is 0 Å². The number of aromatic nitrogens is 1. The lowest BCUT2D eigenvalue weighted by molar-refractivity contribution is -0.0681. The van der Waals surface area contributed by atoms with Gasteiger partial charge in [-0.15, -0.1) is 0 Å². The molecule has 126 valence electrons. The molecule has 0 aliphatic carbocycles. The fourth-order valence-corrected chi connectivity index (χ4v) is 3.44. The maximum Gasteiger partial charge on any atom is 0.299 e. The van der Waals surface area contributed by atoms with Crippen molar-refractivity contribution in [1.29, 1.82) is 0 Å². The van der Waals surface area contributed by atoms with E-state index in [9.17, 15) is 8.78 Å². The molecule has 0 N–H and O–H groups in total. The highest BCUT2D eigenvalue weighted by Gasteiger charge is 2.54. The average molecular weight is 357 g/mol. The Kier molecular flexibility index (Phi) is 3.45. The first-order valence-corrected chi connectivity index (χ1v) is 8.32. The van der Waals surface area contributed by atoms with Gasteiger partial charge in [0.2, 0.25) is 0 Å². The molecule has 0 fully saturated rings. The first-order valence-electron chi connectivity index (χ1n) is 7.94. The number of rotatable bonds is 1. The Balaban J connectivity index is 2.00. The molecule has 25 heavy (non-hydrogen) atoms. The summed E-state index contributed by atoms with van der Waals surface area (Å²) in [4.78, 5) is 8.99. The number of aliphatic imine (C=N–C) groups is 1. The first-order chi connectivity index (χ1) is 11.8. The van der Waals surface area contributed by atoms with Crippen molar-refractivity contribution in [2.24, 2.45) is 4.99 Å². The third-order valence-corrected chi connectivity index (χ3v) is 4.90. The Hall–Kier alpha value is -2.33. The maximum absolute atomic E-state index is 15.0. The molecule has 2 aromatic carbocycles. The number of fused-ring (bicyclic) bond motifs is 2. The zero-order valence-electron chi connectivity index (χ0n) is 13.7. The monoisotopic (exact) mass is 356 g/mol. The summed E-state index contributed by atoms with van der Waals surface area (Å²) >= 11 is 6.15. The summed E-state index contributed by atoms with van der Waals surface area (Å²) in [6.45, 7) is 2.83. The van der Waals surface area contributed by atoms with Crippen LogP contribution in [0.15, 0.2) is 59.6 Å². The number of halogens is 3. The standard InChI is InChI=1S/C20H15ClF2N2/c1-19(2)20(22,23)17-13(7-5-8-14(17)21)18(25-19)16-11-10-12-6-3-4-9-15(12)24-16/h3-11H,1-2H3. The minimum Gasteiger partial charge on any atom is -0.270 e. The van der Waals surface area contributed by atoms with Gasteiger partial charge in [0.05, 0.1) is 27.5 Å². The molecule has 2 nitrogen and oxygen atoms in total. The molecule has 0 unspecified atom stereocenters. The quantitative estimate of drug-likeness (QED) is 0.556. The summed E-state index contributed by atoms with van der Waals surface area (Å²) in [7, 11) is 0. The molecule has 1 aromatic heterocycles. The number of benzene rings is 2. The van der Waals surface area contributed by atoms with Crippen LogP contribution < -0.4 is 0 Å². The molecule has 0 saturated carbocycles. The summed E-state index contributed by atoms with van der Waals surface area (Å²) < 4.78 is 29.9. The lowest BCUT2D eigenvalue weighted by atomic mass is 9.82. The van der Waals surface area contributed by atoms with E-state index in [1.54, 1.807) is 12.1 Å². The van der Waals surface area contributed by atoms with E-state index in [1.165, 1.54) is 19.9 Å². The molecule has 3 aromatic rings. The van der Waals surface area contributed by atoms with Gasteiger partial charge < -0.3 is 0 Å². The van der Waals surface area contributed by atoms with Crippen LogP contribution >= 0.6 is 11.6 Å². The van der Waals surface area contributed by atoms with Crippen molar-refractivity contribution < 1.29 is 8.78 Å². The van der Waals surface area contributed by atoms with Crippen LogP contribution in [0.3, 0.4) is 0 Å². The Morgan fingerprint density at radius 3 is 2.48 bits per heavy atom. The van der Waals surface area contributed by atoms with Crippen molar-refractivity contribution >= 4 is 28.2 Å². The second kappa shape index (κ2) is 5.33. The van der Waals surface area contributed by atoms with Crippen molar-refractivity contribution in [3.8, 4) is 0 Å². The molecular formula is C20H15ClF2N2. The summed E-state index contributed by atoms with van der Waals surface area (Å²) in [5.74, 6) is -3.17. The minimum absolute atomic E-state index is 0.0452. The van der Waals surface area contributed by atoms with Crippen molar-refractivity contribution in [2.45, 2.75) is 25.3 Å². The van der Waals surface area contributed by atoms with Gasteiger partial charge in [0, 0.05) is 10.9 Å². The number of pyridine rings is 1. The average Bonchev–Trinajstić information content (AvgIpc) is 2.58. The van der Waals surface area contributed by atoms with E-state index in [1.807, 2.05) is 36.4 Å². The van der Waals surface area contributed by atoms with Crippen molar-refractivity contribution in [3.05, 3.63) is 76.4 Å². The second-order valence-corrected chi connectivity index (χ2v) is 7.05. The highest BCUT2D eigenvalue weighted by Crippen LogP contribution is 2.49. The zero-order chi connectivity index (χ0) is 17.8. The Bertz CT molecular complexity index is 1030. The molecule has 1 aliphatic rings. The maximum atomic E-state index is 15.0. The van der Waals surface area contributed by atoms with Crippen LogP contribution in [-0.2, 0) is 5.92 Å². The summed E-state index contributed by atoms with van der Waals surface area (Å²) in [5, 5.41) is 1.03. The van der Waals surface area contributed by atoms with E-state index in [0.29, 0.717) is 17.0 Å². The second-order valence-electron chi connectivity index (χ2n) is 6.65. The number of nitrogens with zero attached hydrogens (tertiary/aromatic N) is 2. The first kappa shape index (κ1) is 16.2. The highest BCUT2D eigenvalue weighted by atomic mass is 35.5. The van der Waals surface area contributed by atoms with Crippen LogP contribution in [0.4, 0.5) is 8.78 Å². The van der Waals surface area contributed by atoms with Crippen molar-refractivity contribution in [3.63, 3.8) is 0 Å². The number of alkyl halides is 2. The normalized spacial score (nSPS) is 17.9. The van der Waals surface area contributed by atoms with Crippen molar-refractivity contribution in [1.82, 2.24) is 4.98 Å². The van der Waals surface area contributed by atoms with Crippen LogP contribution in [0.25, 0.3) is 10.9 Å². The van der Waals surface area contributed by atoms with Crippen LogP contribution in [0.5, 0.6) is 0 Å². The largest absolute Gasteiger partial charge is 0.299 e. The molecule has 0 saturated heterocycles. The molecule has 5 heteroatoms. The fraction of sp³-hybridized carbons (Fsp3) is 0.200. The van der Waals surface area contributed by atoms with Gasteiger partial charge in [-0.1, -0.05) is 48.0 Å². The van der Waals surface area contributed by atoms with Gasteiger partial charge in [0.1, 0.15) is 5.54 Å². The summed E-state index contributed by atoms with van der Waals surface area (Å²) in [5.41, 5.74) is 0.334. The lowest BCUT2D eigenvalue weighted by Gasteiger charge is -2.37. The topological polar surface area (TPSA) is 25.2 Å². The number of hydrogen-bond acceptors (Lipinski definition) is 2. The highest BCUT2D eigenvalue weighted by molar-refractivity contribution is 6.32. The van der Waals surface area contributed by atoms with Crippen LogP contribution in [0, 0.1) is 0 Å². The van der Waals surface area contributed by atoms with Gasteiger partial charge in [-0.3, -0.25) is 4.99 Å². The fourth-order valence-electron chi connectivity index (χ4n) is 3.15. The predicted molar refractivity (Wildman–Crippen MR) is 96.8 cm³/mol. The van der Waals surface area contributed by atoms with Gasteiger partial charge in [-0.2, -0.15) is 8.78 Å². The van der Waals surface area contributed by atoms with Crippen molar-refractivity contribution in [2.75, 3.05) is 0 Å². The Morgan fingerprint density at radius 2 is 1.68 bits per heavy atom. The molecule has 0 spiro atoms. The van der Waals surface area contributed by atoms with E-state index in [4.69, 9.17) is 11.6 Å². The number of para-hydroxylation sites is 1. The zero-order valence-corrected chi connectivity index (χ0v) is 14.5. The third-order valence-electron chi connectivity index (χ3n) is 4.58. The van der Waals surface area contributed by atoms with Crippen LogP contribution in [0.1, 0.15) is 30.7 Å². The molecule has 1 aliphatic heterocycles. The van der Waals surface area contributed by atoms with Crippen LogP contribution in [-0.4, -0.2) is 16.2 Å². The molecular weight excluding hydrogens is 342 g/mol. The van der Waals surface area contributed by atoms with Gasteiger partial charge in [-0.05, 0) is 32.0 Å². The van der Waals surface area contributed by atoms with Gasteiger partial charge in [-0.25, -0.2) is 4.98 Å². The number of hydrogen-bond donors (Lipinski definition) is 0. The van der Waals surface area contributed by atoms with Gasteiger partial charge in [0.25, 0.3) is 5.92 Å². The Morgan fingerprint density at radius 1 is 0.920 bits per heavy atom. The molecule has 0 bridgehead atoms. The summed E-state index contributed by atoms with van der Waals surface area (Å²) in [6.07, 6.45) is 0. The summed E-state index contributed by atoms with van der Waals surface area (Å²) in [6, 6.07) is 16.2. The van der Waals surface area contributed by atoms with E-state index < -0.39 is 11.5 Å². The predicted octanol–water partition coefficient (Wildman–Crippen LogP) is 5.61. The van der Waals surface area contributed by atoms with Crippen LogP contribution in [0.2, 0.25) is 5.02 Å². The Labute approximate surface area is 149 Å². The lowest BCUT2D eigenvalue weighted by Crippen LogP contribution is -2.44. The molecule has 0 amide bonds. The smallest absolute Gasteiger partial charge is 0.270 e. The molecule has 0 radical (unpaired) electrons. The minimum atomic E-state index is -3.17. The molecule has 0 atom stereocenters. The van der Waals surface area contributed by atoms with E-state index in [-0.39, 0.29) is 10.6 Å².